The van der Waals surface area contributed by atoms with Gasteiger partial charge in [0.2, 0.25) is 5.91 Å². The number of aromatic nitrogens is 2. The molecule has 0 aliphatic rings. The van der Waals surface area contributed by atoms with E-state index in [1.807, 2.05) is 6.07 Å². The summed E-state index contributed by atoms with van der Waals surface area (Å²) in [7, 11) is 0. The van der Waals surface area contributed by atoms with E-state index in [4.69, 9.17) is 11.5 Å². The molecule has 1 heterocycles. The Morgan fingerprint density at radius 2 is 1.86 bits per heavy atom. The lowest BCUT2D eigenvalue weighted by atomic mass is 9.87. The third-order valence-electron chi connectivity index (χ3n) is 3.67. The average Bonchev–Trinajstić information content (AvgIpc) is 2.78. The van der Waals surface area contributed by atoms with Gasteiger partial charge >= 0.3 is 0 Å². The average molecular weight is 310 g/mol. The van der Waals surface area contributed by atoms with E-state index in [2.05, 4.69) is 42.9 Å². The number of fused-ring (bicyclic) bond motifs is 1. The molecule has 1 amide bonds. The predicted octanol–water partition coefficient (Wildman–Crippen LogP) is 0.332. The number of imidazole rings is 1. The molecule has 0 fully saturated rings. The second-order valence-corrected chi connectivity index (χ2v) is 6.32. The number of carbonyl (C=O) groups is 1. The fourth-order valence-corrected chi connectivity index (χ4v) is 2.07. The Kier molecular flexibility index (Phi) is 6.25. The number of aromatic amines is 1. The predicted molar refractivity (Wildman–Crippen MR) is 87.3 cm³/mol. The van der Waals surface area contributed by atoms with Crippen LogP contribution < -0.4 is 11.5 Å². The molecule has 2 aromatic rings. The molecular weight excluding hydrogens is 284 g/mol. The highest BCUT2D eigenvalue weighted by Crippen LogP contribution is 2.26. The van der Waals surface area contributed by atoms with Crippen LogP contribution in [0, 0.1) is 5.92 Å². The quantitative estimate of drug-likeness (QED) is 0.746. The first kappa shape index (κ1) is 20.0. The van der Waals surface area contributed by atoms with Gasteiger partial charge in [0.15, 0.2) is 0 Å². The molecule has 7 nitrogen and oxygen atoms in total. The summed E-state index contributed by atoms with van der Waals surface area (Å²) in [5.41, 5.74) is 14.4. The van der Waals surface area contributed by atoms with Crippen molar-refractivity contribution in [2.45, 2.75) is 39.2 Å². The van der Waals surface area contributed by atoms with Crippen molar-refractivity contribution in [1.82, 2.24) is 9.97 Å². The lowest BCUT2D eigenvalue weighted by Crippen LogP contribution is -2.31. The van der Waals surface area contributed by atoms with Crippen LogP contribution in [-0.4, -0.2) is 26.8 Å². The van der Waals surface area contributed by atoms with Gasteiger partial charge in [0, 0.05) is 0 Å². The summed E-state index contributed by atoms with van der Waals surface area (Å²) in [4.78, 5) is 18.9. The molecule has 0 aliphatic carbocycles. The molecule has 0 bridgehead atoms. The highest BCUT2D eigenvalue weighted by atomic mass is 16.1. The number of nitrogens with one attached hydrogen (secondary N) is 1. The third kappa shape index (κ3) is 3.82. The number of benzene rings is 1. The highest BCUT2D eigenvalue weighted by Gasteiger charge is 2.23. The van der Waals surface area contributed by atoms with Crippen LogP contribution >= 0.6 is 0 Å². The smallest absolute Gasteiger partial charge is 0.222 e. The molecule has 7 heteroatoms. The lowest BCUT2D eigenvalue weighted by Gasteiger charge is -2.18. The number of nitrogens with two attached hydrogens (primary N) is 2. The zero-order chi connectivity index (χ0) is 15.1. The summed E-state index contributed by atoms with van der Waals surface area (Å²) in [6.07, 6.45) is 0. The summed E-state index contributed by atoms with van der Waals surface area (Å²) in [5.74, 6) is -0.289. The van der Waals surface area contributed by atoms with Gasteiger partial charge in [-0.2, -0.15) is 0 Å². The van der Waals surface area contributed by atoms with E-state index in [1.165, 1.54) is 5.56 Å². The number of rotatable bonds is 3. The van der Waals surface area contributed by atoms with Gasteiger partial charge in [0.1, 0.15) is 5.82 Å². The SMILES string of the molecule is C[C@@H](C(N)=O)[C@H](N)c1nc2ccc(C(C)(C)C)cc2[nH]1.O.O. The van der Waals surface area contributed by atoms with Gasteiger partial charge in [-0.3, -0.25) is 4.79 Å². The van der Waals surface area contributed by atoms with Crippen LogP contribution in [0.5, 0.6) is 0 Å². The van der Waals surface area contributed by atoms with Gasteiger partial charge in [-0.25, -0.2) is 4.98 Å². The number of H-pyrrole nitrogens is 1. The van der Waals surface area contributed by atoms with Crippen molar-refractivity contribution in [1.29, 1.82) is 0 Å². The third-order valence-corrected chi connectivity index (χ3v) is 3.67. The summed E-state index contributed by atoms with van der Waals surface area (Å²) in [6, 6.07) is 5.60. The number of nitrogens with zero attached hydrogens (tertiary/aromatic N) is 1. The highest BCUT2D eigenvalue weighted by molar-refractivity contribution is 5.78. The van der Waals surface area contributed by atoms with Crippen molar-refractivity contribution in [2.75, 3.05) is 0 Å². The largest absolute Gasteiger partial charge is 0.412 e. The Morgan fingerprint density at radius 1 is 1.27 bits per heavy atom. The minimum absolute atomic E-state index is 0. The molecule has 0 aliphatic heterocycles. The maximum atomic E-state index is 11.2. The molecule has 0 radical (unpaired) electrons. The molecule has 0 spiro atoms. The second kappa shape index (κ2) is 6.87. The molecule has 1 aromatic heterocycles. The molecule has 2 atom stereocenters. The van der Waals surface area contributed by atoms with Crippen molar-refractivity contribution in [3.63, 3.8) is 0 Å². The van der Waals surface area contributed by atoms with Crippen molar-refractivity contribution in [3.05, 3.63) is 29.6 Å². The van der Waals surface area contributed by atoms with E-state index >= 15 is 0 Å². The lowest BCUT2D eigenvalue weighted by molar-refractivity contribution is -0.121. The topological polar surface area (TPSA) is 161 Å². The summed E-state index contributed by atoms with van der Waals surface area (Å²) < 4.78 is 0. The number of primary amides is 1. The van der Waals surface area contributed by atoms with E-state index in [0.29, 0.717) is 5.82 Å². The van der Waals surface area contributed by atoms with E-state index in [1.54, 1.807) is 6.92 Å². The molecule has 1 aromatic carbocycles. The maximum Gasteiger partial charge on any atom is 0.222 e. The Bertz CT molecular complexity index is 646. The van der Waals surface area contributed by atoms with E-state index in [9.17, 15) is 4.79 Å². The minimum atomic E-state index is -0.516. The van der Waals surface area contributed by atoms with Gasteiger partial charge in [0.25, 0.3) is 0 Å². The van der Waals surface area contributed by atoms with Crippen LogP contribution in [0.15, 0.2) is 18.2 Å². The molecule has 22 heavy (non-hydrogen) atoms. The molecule has 0 saturated heterocycles. The van der Waals surface area contributed by atoms with Gasteiger partial charge in [-0.15, -0.1) is 0 Å². The van der Waals surface area contributed by atoms with Crippen molar-refractivity contribution >= 4 is 16.9 Å². The molecule has 0 unspecified atom stereocenters. The number of hydrogen-bond acceptors (Lipinski definition) is 3. The molecule has 124 valence electrons. The Balaban J connectivity index is 0.00000220. The molecule has 9 N–H and O–H groups in total. The van der Waals surface area contributed by atoms with Gasteiger partial charge < -0.3 is 27.4 Å². The zero-order valence-corrected chi connectivity index (χ0v) is 13.4. The van der Waals surface area contributed by atoms with Crippen LogP contribution in [0.3, 0.4) is 0 Å². The van der Waals surface area contributed by atoms with Gasteiger partial charge in [0.05, 0.1) is 23.0 Å². The fraction of sp³-hybridized carbons (Fsp3) is 0.467. The Labute approximate surface area is 129 Å². The van der Waals surface area contributed by atoms with Crippen molar-refractivity contribution in [2.24, 2.45) is 17.4 Å². The van der Waals surface area contributed by atoms with E-state index < -0.39 is 17.9 Å². The van der Waals surface area contributed by atoms with Crippen molar-refractivity contribution < 1.29 is 15.7 Å². The van der Waals surface area contributed by atoms with E-state index in [0.717, 1.165) is 11.0 Å². The normalized spacial score (nSPS) is 13.9. The molecular formula is C15H26N4O3. The summed E-state index contributed by atoms with van der Waals surface area (Å²) in [6.45, 7) is 8.19. The second-order valence-electron chi connectivity index (χ2n) is 6.32. The Morgan fingerprint density at radius 3 is 2.36 bits per heavy atom. The van der Waals surface area contributed by atoms with Crippen LogP contribution in [0.1, 0.15) is 45.1 Å². The Hall–Kier alpha value is -1.96. The molecule has 0 saturated carbocycles. The number of amides is 1. The monoisotopic (exact) mass is 310 g/mol. The van der Waals surface area contributed by atoms with E-state index in [-0.39, 0.29) is 16.4 Å². The van der Waals surface area contributed by atoms with Crippen LogP contribution in [0.2, 0.25) is 0 Å². The standard InChI is InChI=1S/C15H22N4O.2H2O/c1-8(13(17)20)12(16)14-18-10-6-5-9(15(2,3)4)7-11(10)19-14;;/h5-8,12H,16H2,1-4H3,(H2,17,20)(H,18,19);2*1H2/t8-,12+;;/m1../s1. The molecule has 2 rings (SSSR count). The number of hydrogen-bond donors (Lipinski definition) is 3. The zero-order valence-electron chi connectivity index (χ0n) is 13.4. The number of carbonyl (C=O) groups excluding carboxylic acids is 1. The first-order chi connectivity index (χ1) is 9.20. The fourth-order valence-electron chi connectivity index (χ4n) is 2.07. The van der Waals surface area contributed by atoms with Crippen molar-refractivity contribution in [3.8, 4) is 0 Å². The first-order valence-electron chi connectivity index (χ1n) is 6.75. The van der Waals surface area contributed by atoms with Crippen LogP contribution in [0.25, 0.3) is 11.0 Å². The van der Waals surface area contributed by atoms with Crippen LogP contribution in [0.4, 0.5) is 0 Å². The maximum absolute atomic E-state index is 11.2. The van der Waals surface area contributed by atoms with Gasteiger partial charge in [-0.05, 0) is 23.1 Å². The minimum Gasteiger partial charge on any atom is -0.412 e. The summed E-state index contributed by atoms with van der Waals surface area (Å²) in [5, 5.41) is 0. The first-order valence-corrected chi connectivity index (χ1v) is 6.75. The summed E-state index contributed by atoms with van der Waals surface area (Å²) >= 11 is 0. The van der Waals surface area contributed by atoms with Crippen LogP contribution in [-0.2, 0) is 10.2 Å². The van der Waals surface area contributed by atoms with Gasteiger partial charge in [-0.1, -0.05) is 33.8 Å².